The Balaban J connectivity index is 2.23. The molecule has 1 fully saturated rings. The molecule has 1 aromatic rings. The maximum atomic E-state index is 13.8. The van der Waals surface area contributed by atoms with Crippen LogP contribution in [0.3, 0.4) is 0 Å². The van der Waals surface area contributed by atoms with Gasteiger partial charge in [0.05, 0.1) is 16.3 Å². The topological polar surface area (TPSA) is 52.9 Å². The van der Waals surface area contributed by atoms with Crippen LogP contribution in [0.15, 0.2) is 17.3 Å². The SMILES string of the molecule is CCC1CN(C(=O)c2cc(F)c(Cl)cc2F)CC/C1=N\O. The predicted octanol–water partition coefficient (Wildman–Crippen LogP) is 3.32. The molecule has 1 amide bonds. The first-order chi connectivity index (χ1) is 9.97. The number of likely N-dealkylation sites (tertiary alicyclic amines) is 1. The summed E-state index contributed by atoms with van der Waals surface area (Å²) < 4.78 is 27.2. The Morgan fingerprint density at radius 2 is 2.19 bits per heavy atom. The van der Waals surface area contributed by atoms with E-state index in [1.807, 2.05) is 6.92 Å². The van der Waals surface area contributed by atoms with Crippen LogP contribution in [-0.4, -0.2) is 34.8 Å². The van der Waals surface area contributed by atoms with E-state index in [4.69, 9.17) is 16.8 Å². The Morgan fingerprint density at radius 3 is 2.81 bits per heavy atom. The minimum Gasteiger partial charge on any atom is -0.411 e. The van der Waals surface area contributed by atoms with Crippen LogP contribution >= 0.6 is 11.6 Å². The zero-order chi connectivity index (χ0) is 15.6. The van der Waals surface area contributed by atoms with E-state index in [1.165, 1.54) is 4.90 Å². The molecule has 1 heterocycles. The second-order valence-corrected chi connectivity index (χ2v) is 5.35. The second-order valence-electron chi connectivity index (χ2n) is 4.94. The van der Waals surface area contributed by atoms with Gasteiger partial charge >= 0.3 is 0 Å². The molecule has 114 valence electrons. The maximum Gasteiger partial charge on any atom is 0.256 e. The highest BCUT2D eigenvalue weighted by Gasteiger charge is 2.29. The molecular formula is C14H15ClF2N2O2. The molecule has 0 spiro atoms. The minimum atomic E-state index is -0.846. The number of benzene rings is 1. The average Bonchev–Trinajstić information content (AvgIpc) is 2.49. The van der Waals surface area contributed by atoms with Gasteiger partial charge in [0.15, 0.2) is 0 Å². The van der Waals surface area contributed by atoms with Crippen molar-refractivity contribution >= 4 is 23.2 Å². The number of nitrogens with zero attached hydrogens (tertiary/aromatic N) is 2. The Hall–Kier alpha value is -1.69. The summed E-state index contributed by atoms with van der Waals surface area (Å²) in [5, 5.41) is 11.8. The summed E-state index contributed by atoms with van der Waals surface area (Å²) in [5.41, 5.74) is 0.292. The van der Waals surface area contributed by atoms with Crippen LogP contribution in [0.4, 0.5) is 8.78 Å². The summed E-state index contributed by atoms with van der Waals surface area (Å²) in [7, 11) is 0. The van der Waals surface area contributed by atoms with Crippen molar-refractivity contribution < 1.29 is 18.8 Å². The molecule has 0 aromatic heterocycles. The van der Waals surface area contributed by atoms with Crippen molar-refractivity contribution in [1.82, 2.24) is 4.90 Å². The molecule has 21 heavy (non-hydrogen) atoms. The fourth-order valence-electron chi connectivity index (χ4n) is 2.45. The monoisotopic (exact) mass is 316 g/mol. The molecule has 2 rings (SSSR count). The summed E-state index contributed by atoms with van der Waals surface area (Å²) in [4.78, 5) is 13.8. The van der Waals surface area contributed by atoms with Crippen LogP contribution in [0.1, 0.15) is 30.1 Å². The van der Waals surface area contributed by atoms with Gasteiger partial charge in [-0.2, -0.15) is 0 Å². The Kier molecular flexibility index (Phi) is 4.77. The Morgan fingerprint density at radius 1 is 1.48 bits per heavy atom. The van der Waals surface area contributed by atoms with Crippen molar-refractivity contribution in [3.63, 3.8) is 0 Å². The molecule has 7 heteroatoms. The van der Waals surface area contributed by atoms with Crippen molar-refractivity contribution in [3.8, 4) is 0 Å². The van der Waals surface area contributed by atoms with Crippen molar-refractivity contribution in [1.29, 1.82) is 0 Å². The standard InChI is InChI=1S/C14H15ClF2N2O2/c1-2-8-7-19(4-3-13(8)18-21)14(20)9-5-12(17)10(15)6-11(9)16/h5-6,8,21H,2-4,7H2,1H3/b18-13+. The molecule has 0 radical (unpaired) electrons. The zero-order valence-electron chi connectivity index (χ0n) is 11.4. The van der Waals surface area contributed by atoms with Crippen LogP contribution in [0.5, 0.6) is 0 Å². The quantitative estimate of drug-likeness (QED) is 0.517. The van der Waals surface area contributed by atoms with Gasteiger partial charge in [0, 0.05) is 25.4 Å². The number of hydrogen-bond acceptors (Lipinski definition) is 3. The summed E-state index contributed by atoms with van der Waals surface area (Å²) >= 11 is 5.48. The first-order valence-corrected chi connectivity index (χ1v) is 7.00. The molecule has 1 N–H and O–H groups in total. The van der Waals surface area contributed by atoms with Crippen molar-refractivity contribution in [2.45, 2.75) is 19.8 Å². The largest absolute Gasteiger partial charge is 0.411 e. The molecular weight excluding hydrogens is 302 g/mol. The number of oxime groups is 1. The normalized spacial score (nSPS) is 20.9. The van der Waals surface area contributed by atoms with Gasteiger partial charge in [0.2, 0.25) is 0 Å². The molecule has 1 aromatic carbocycles. The Labute approximate surface area is 126 Å². The molecule has 1 saturated heterocycles. The molecule has 0 saturated carbocycles. The molecule has 1 unspecified atom stereocenters. The lowest BCUT2D eigenvalue weighted by atomic mass is 9.93. The fourth-order valence-corrected chi connectivity index (χ4v) is 2.60. The van der Waals surface area contributed by atoms with Gasteiger partial charge in [-0.25, -0.2) is 8.78 Å². The van der Waals surface area contributed by atoms with Gasteiger partial charge in [-0.3, -0.25) is 4.79 Å². The summed E-state index contributed by atoms with van der Waals surface area (Å²) in [6.45, 7) is 2.53. The zero-order valence-corrected chi connectivity index (χ0v) is 12.2. The highest BCUT2D eigenvalue weighted by Crippen LogP contribution is 2.23. The number of rotatable bonds is 2. The van der Waals surface area contributed by atoms with Crippen molar-refractivity contribution in [3.05, 3.63) is 34.4 Å². The van der Waals surface area contributed by atoms with Crippen LogP contribution in [0.2, 0.25) is 5.02 Å². The fraction of sp³-hybridized carbons (Fsp3) is 0.429. The lowest BCUT2D eigenvalue weighted by molar-refractivity contribution is 0.0723. The molecule has 1 aliphatic heterocycles. The van der Waals surface area contributed by atoms with Crippen molar-refractivity contribution in [2.75, 3.05) is 13.1 Å². The van der Waals surface area contributed by atoms with E-state index >= 15 is 0 Å². The van der Waals surface area contributed by atoms with Gasteiger partial charge in [-0.15, -0.1) is 0 Å². The van der Waals surface area contributed by atoms with Crippen LogP contribution in [0.25, 0.3) is 0 Å². The van der Waals surface area contributed by atoms with E-state index in [2.05, 4.69) is 5.16 Å². The number of piperidine rings is 1. The van der Waals surface area contributed by atoms with Crippen LogP contribution < -0.4 is 0 Å². The summed E-state index contributed by atoms with van der Waals surface area (Å²) in [5.74, 6) is -2.34. The lowest BCUT2D eigenvalue weighted by Gasteiger charge is -2.33. The highest BCUT2D eigenvalue weighted by molar-refractivity contribution is 6.30. The molecule has 0 aliphatic carbocycles. The summed E-state index contributed by atoms with van der Waals surface area (Å²) in [6, 6.07) is 1.61. The van der Waals surface area contributed by atoms with E-state index in [0.717, 1.165) is 12.1 Å². The maximum absolute atomic E-state index is 13.8. The molecule has 1 aliphatic rings. The third kappa shape index (κ3) is 3.15. The van der Waals surface area contributed by atoms with E-state index in [9.17, 15) is 13.6 Å². The molecule has 1 atom stereocenters. The van der Waals surface area contributed by atoms with Crippen molar-refractivity contribution in [2.24, 2.45) is 11.1 Å². The molecule has 4 nitrogen and oxygen atoms in total. The molecule has 0 bridgehead atoms. The minimum absolute atomic E-state index is 0.0760. The van der Waals surface area contributed by atoms with E-state index in [0.29, 0.717) is 31.6 Å². The first kappa shape index (κ1) is 15.7. The van der Waals surface area contributed by atoms with Gasteiger partial charge < -0.3 is 10.1 Å². The van der Waals surface area contributed by atoms with Gasteiger partial charge in [-0.05, 0) is 18.6 Å². The smallest absolute Gasteiger partial charge is 0.256 e. The van der Waals surface area contributed by atoms with E-state index < -0.39 is 17.5 Å². The van der Waals surface area contributed by atoms with Gasteiger partial charge in [0.25, 0.3) is 5.91 Å². The first-order valence-electron chi connectivity index (χ1n) is 6.62. The van der Waals surface area contributed by atoms with Gasteiger partial charge in [-0.1, -0.05) is 23.7 Å². The average molecular weight is 317 g/mol. The van der Waals surface area contributed by atoms with E-state index in [1.54, 1.807) is 0 Å². The highest BCUT2D eigenvalue weighted by atomic mass is 35.5. The number of hydrogen-bond donors (Lipinski definition) is 1. The van der Waals surface area contributed by atoms with Crippen LogP contribution in [0, 0.1) is 17.6 Å². The lowest BCUT2D eigenvalue weighted by Crippen LogP contribution is -2.44. The number of carbonyl (C=O) groups is 1. The number of carbonyl (C=O) groups excluding carboxylic acids is 1. The third-order valence-corrected chi connectivity index (χ3v) is 3.99. The Bertz CT molecular complexity index is 593. The number of halogens is 3. The number of amides is 1. The summed E-state index contributed by atoms with van der Waals surface area (Å²) in [6.07, 6.45) is 1.11. The third-order valence-electron chi connectivity index (χ3n) is 3.70. The predicted molar refractivity (Wildman–Crippen MR) is 74.9 cm³/mol. The second kappa shape index (κ2) is 6.39. The van der Waals surface area contributed by atoms with Gasteiger partial charge in [0.1, 0.15) is 11.6 Å². The van der Waals surface area contributed by atoms with E-state index in [-0.39, 0.29) is 16.5 Å². The van der Waals surface area contributed by atoms with Crippen LogP contribution in [-0.2, 0) is 0 Å².